The van der Waals surface area contributed by atoms with Gasteiger partial charge in [-0.2, -0.15) is 0 Å². The van der Waals surface area contributed by atoms with Gasteiger partial charge in [-0.25, -0.2) is 4.79 Å². The van der Waals surface area contributed by atoms with Crippen molar-refractivity contribution in [1.82, 2.24) is 10.2 Å². The van der Waals surface area contributed by atoms with Crippen molar-refractivity contribution in [3.8, 4) is 11.5 Å². The van der Waals surface area contributed by atoms with Crippen molar-refractivity contribution in [3.05, 3.63) is 58.1 Å². The lowest BCUT2D eigenvalue weighted by molar-refractivity contribution is 0.174. The predicted molar refractivity (Wildman–Crippen MR) is 90.4 cm³/mol. The summed E-state index contributed by atoms with van der Waals surface area (Å²) < 4.78 is 10.8. The van der Waals surface area contributed by atoms with E-state index in [9.17, 15) is 4.79 Å². The summed E-state index contributed by atoms with van der Waals surface area (Å²) >= 11 is 5.97. The van der Waals surface area contributed by atoms with E-state index in [0.29, 0.717) is 24.7 Å². The van der Waals surface area contributed by atoms with Crippen LogP contribution in [0.25, 0.3) is 0 Å². The lowest BCUT2D eigenvalue weighted by Gasteiger charge is -2.29. The van der Waals surface area contributed by atoms with Gasteiger partial charge in [-0.1, -0.05) is 23.7 Å². The van der Waals surface area contributed by atoms with E-state index in [1.165, 1.54) is 5.56 Å². The van der Waals surface area contributed by atoms with Crippen molar-refractivity contribution in [3.63, 3.8) is 0 Å². The van der Waals surface area contributed by atoms with Gasteiger partial charge in [0, 0.05) is 24.7 Å². The van der Waals surface area contributed by atoms with Crippen LogP contribution in [0, 0.1) is 0 Å². The quantitative estimate of drug-likeness (QED) is 0.909. The van der Waals surface area contributed by atoms with Crippen molar-refractivity contribution in [2.75, 3.05) is 13.3 Å². The van der Waals surface area contributed by atoms with Gasteiger partial charge in [-0.05, 0) is 47.4 Å². The Bertz CT molecular complexity index is 794. The summed E-state index contributed by atoms with van der Waals surface area (Å²) in [7, 11) is 0. The molecule has 0 spiro atoms. The van der Waals surface area contributed by atoms with Crippen molar-refractivity contribution in [2.24, 2.45) is 0 Å². The second kappa shape index (κ2) is 6.24. The highest BCUT2D eigenvalue weighted by Gasteiger charge is 2.24. The maximum absolute atomic E-state index is 12.4. The molecule has 6 heteroatoms. The van der Waals surface area contributed by atoms with Crippen molar-refractivity contribution in [1.29, 1.82) is 0 Å². The van der Waals surface area contributed by atoms with Crippen LogP contribution in [0.3, 0.4) is 0 Å². The van der Waals surface area contributed by atoms with Gasteiger partial charge in [0.15, 0.2) is 11.5 Å². The Hall–Kier alpha value is -2.40. The standard InChI is InChI=1S/C18H17ClN2O3/c19-15-3-1-2-12(6-15)9-20-18(22)21-5-4-13-7-16-17(24-11-23-16)8-14(13)10-21/h1-3,6-8H,4-5,9-11H2,(H,20,22). The fourth-order valence-electron chi connectivity index (χ4n) is 3.06. The summed E-state index contributed by atoms with van der Waals surface area (Å²) in [6.07, 6.45) is 0.816. The number of urea groups is 1. The third-order valence-corrected chi connectivity index (χ3v) is 4.56. The van der Waals surface area contributed by atoms with Crippen molar-refractivity contribution >= 4 is 17.6 Å². The molecule has 0 aliphatic carbocycles. The second-order valence-corrected chi connectivity index (χ2v) is 6.37. The summed E-state index contributed by atoms with van der Waals surface area (Å²) in [5, 5.41) is 3.62. The molecule has 0 saturated heterocycles. The number of fused-ring (bicyclic) bond motifs is 2. The minimum absolute atomic E-state index is 0.0710. The summed E-state index contributed by atoms with van der Waals surface area (Å²) in [6, 6.07) is 11.4. The molecule has 124 valence electrons. The van der Waals surface area contributed by atoms with E-state index in [2.05, 4.69) is 5.32 Å². The third kappa shape index (κ3) is 2.99. The number of halogens is 1. The van der Waals surface area contributed by atoms with E-state index in [-0.39, 0.29) is 12.8 Å². The van der Waals surface area contributed by atoms with Crippen molar-refractivity contribution < 1.29 is 14.3 Å². The average molecular weight is 345 g/mol. The summed E-state index contributed by atoms with van der Waals surface area (Å²) in [6.45, 7) is 1.99. The number of carbonyl (C=O) groups excluding carboxylic acids is 1. The highest BCUT2D eigenvalue weighted by atomic mass is 35.5. The Morgan fingerprint density at radius 1 is 1.17 bits per heavy atom. The first-order chi connectivity index (χ1) is 11.7. The van der Waals surface area contributed by atoms with Crippen LogP contribution in [0.5, 0.6) is 11.5 Å². The molecule has 4 rings (SSSR count). The van der Waals surface area contributed by atoms with Gasteiger partial charge in [0.2, 0.25) is 6.79 Å². The van der Waals surface area contributed by atoms with Crippen LogP contribution in [0.1, 0.15) is 16.7 Å². The van der Waals surface area contributed by atoms with Crippen LogP contribution in [-0.2, 0) is 19.5 Å². The zero-order chi connectivity index (χ0) is 16.5. The van der Waals surface area contributed by atoms with E-state index in [4.69, 9.17) is 21.1 Å². The SMILES string of the molecule is O=C(NCc1cccc(Cl)c1)N1CCc2cc3c(cc2C1)OCO3. The zero-order valence-electron chi connectivity index (χ0n) is 13.0. The molecule has 5 nitrogen and oxygen atoms in total. The number of rotatable bonds is 2. The smallest absolute Gasteiger partial charge is 0.317 e. The van der Waals surface area contributed by atoms with E-state index in [1.807, 2.05) is 41.3 Å². The van der Waals surface area contributed by atoms with E-state index >= 15 is 0 Å². The number of ether oxygens (including phenoxy) is 2. The van der Waals surface area contributed by atoms with Crippen LogP contribution < -0.4 is 14.8 Å². The number of hydrogen-bond acceptors (Lipinski definition) is 3. The highest BCUT2D eigenvalue weighted by Crippen LogP contribution is 2.36. The van der Waals surface area contributed by atoms with Crippen LogP contribution in [0.2, 0.25) is 5.02 Å². The first-order valence-electron chi connectivity index (χ1n) is 7.88. The maximum Gasteiger partial charge on any atom is 0.317 e. The number of carbonyl (C=O) groups is 1. The highest BCUT2D eigenvalue weighted by molar-refractivity contribution is 6.30. The van der Waals surface area contributed by atoms with Gasteiger partial charge in [0.1, 0.15) is 0 Å². The minimum atomic E-state index is -0.0710. The molecule has 0 radical (unpaired) electrons. The number of benzene rings is 2. The molecule has 24 heavy (non-hydrogen) atoms. The molecule has 0 saturated carbocycles. The van der Waals surface area contributed by atoms with Crippen LogP contribution in [0.15, 0.2) is 36.4 Å². The van der Waals surface area contributed by atoms with Crippen LogP contribution in [-0.4, -0.2) is 24.3 Å². The Kier molecular flexibility index (Phi) is 3.94. The summed E-state index contributed by atoms with van der Waals surface area (Å²) in [5.74, 6) is 1.56. The van der Waals surface area contributed by atoms with Gasteiger partial charge in [0.05, 0.1) is 0 Å². The first kappa shape index (κ1) is 15.1. The molecule has 0 aromatic heterocycles. The minimum Gasteiger partial charge on any atom is -0.454 e. The number of nitrogens with one attached hydrogen (secondary N) is 1. The van der Waals surface area contributed by atoms with E-state index in [0.717, 1.165) is 29.0 Å². The predicted octanol–water partition coefficient (Wildman–Crippen LogP) is 3.34. The van der Waals surface area contributed by atoms with Gasteiger partial charge in [0.25, 0.3) is 0 Å². The molecule has 0 bridgehead atoms. The Balaban J connectivity index is 1.41. The molecule has 2 aliphatic heterocycles. The number of amides is 2. The molecule has 2 aromatic rings. The molecular weight excluding hydrogens is 328 g/mol. The Morgan fingerprint density at radius 2 is 1.96 bits per heavy atom. The molecule has 2 amide bonds. The van der Waals surface area contributed by atoms with Gasteiger partial charge >= 0.3 is 6.03 Å². The van der Waals surface area contributed by atoms with Gasteiger partial charge in [-0.3, -0.25) is 0 Å². The Labute approximate surface area is 145 Å². The summed E-state index contributed by atoms with van der Waals surface area (Å²) in [4.78, 5) is 14.2. The molecular formula is C18H17ClN2O3. The molecule has 2 aromatic carbocycles. The van der Waals surface area contributed by atoms with Crippen LogP contribution in [0.4, 0.5) is 4.79 Å². The lowest BCUT2D eigenvalue weighted by Crippen LogP contribution is -2.42. The molecule has 0 fully saturated rings. The molecule has 0 unspecified atom stereocenters. The van der Waals surface area contributed by atoms with Gasteiger partial charge < -0.3 is 19.7 Å². The monoisotopic (exact) mass is 344 g/mol. The lowest BCUT2D eigenvalue weighted by atomic mass is 9.99. The van der Waals surface area contributed by atoms with E-state index in [1.54, 1.807) is 0 Å². The van der Waals surface area contributed by atoms with Crippen molar-refractivity contribution in [2.45, 2.75) is 19.5 Å². The average Bonchev–Trinajstić information content (AvgIpc) is 3.04. The fraction of sp³-hybridized carbons (Fsp3) is 0.278. The summed E-state index contributed by atoms with van der Waals surface area (Å²) in [5.41, 5.74) is 3.32. The topological polar surface area (TPSA) is 50.8 Å². The largest absolute Gasteiger partial charge is 0.454 e. The second-order valence-electron chi connectivity index (χ2n) is 5.93. The third-order valence-electron chi connectivity index (χ3n) is 4.33. The molecule has 1 N–H and O–H groups in total. The number of nitrogens with zero attached hydrogens (tertiary/aromatic N) is 1. The normalized spacial score (nSPS) is 15.1. The molecule has 2 aliphatic rings. The fourth-order valence-corrected chi connectivity index (χ4v) is 3.27. The maximum atomic E-state index is 12.4. The Morgan fingerprint density at radius 3 is 2.75 bits per heavy atom. The molecule has 0 atom stereocenters. The van der Waals surface area contributed by atoms with E-state index < -0.39 is 0 Å². The van der Waals surface area contributed by atoms with Gasteiger partial charge in [-0.15, -0.1) is 0 Å². The first-order valence-corrected chi connectivity index (χ1v) is 8.25. The zero-order valence-corrected chi connectivity index (χ0v) is 13.8. The molecule has 2 heterocycles. The number of hydrogen-bond donors (Lipinski definition) is 1. The van der Waals surface area contributed by atoms with Crippen LogP contribution >= 0.6 is 11.6 Å².